The van der Waals surface area contributed by atoms with Gasteiger partial charge in [0.1, 0.15) is 6.04 Å². The second-order valence-electron chi connectivity index (χ2n) is 7.19. The highest BCUT2D eigenvalue weighted by Gasteiger charge is 2.28. The van der Waals surface area contributed by atoms with E-state index in [0.29, 0.717) is 32.7 Å². The number of ether oxygens (including phenoxy) is 1. The molecule has 0 saturated carbocycles. The summed E-state index contributed by atoms with van der Waals surface area (Å²) < 4.78 is 5.34. The normalized spacial score (nSPS) is 15.1. The second-order valence-corrected chi connectivity index (χ2v) is 7.19. The Balaban J connectivity index is 1.59. The van der Waals surface area contributed by atoms with E-state index in [2.05, 4.69) is 36.5 Å². The first-order chi connectivity index (χ1) is 13.6. The van der Waals surface area contributed by atoms with Crippen molar-refractivity contribution >= 4 is 11.8 Å². The quantitative estimate of drug-likeness (QED) is 0.803. The number of morpholine rings is 1. The summed E-state index contributed by atoms with van der Waals surface area (Å²) >= 11 is 0. The highest BCUT2D eigenvalue weighted by Crippen LogP contribution is 2.17. The van der Waals surface area contributed by atoms with Crippen molar-refractivity contribution in [3.8, 4) is 0 Å². The molecule has 1 heterocycles. The van der Waals surface area contributed by atoms with Crippen molar-refractivity contribution in [1.82, 2.24) is 10.2 Å². The number of benzene rings is 2. The van der Waals surface area contributed by atoms with E-state index in [1.54, 1.807) is 4.90 Å². The summed E-state index contributed by atoms with van der Waals surface area (Å²) in [7, 11) is 0. The van der Waals surface area contributed by atoms with E-state index in [9.17, 15) is 9.59 Å². The van der Waals surface area contributed by atoms with Gasteiger partial charge in [0.05, 0.1) is 13.2 Å². The Morgan fingerprint density at radius 3 is 2.39 bits per heavy atom. The predicted molar refractivity (Wildman–Crippen MR) is 109 cm³/mol. The molecule has 1 saturated heterocycles. The number of hydrogen-bond acceptors (Lipinski definition) is 3. The number of nitrogens with one attached hydrogen (secondary N) is 1. The molecular formula is C23H28N2O3. The van der Waals surface area contributed by atoms with Crippen molar-refractivity contribution < 1.29 is 14.3 Å². The largest absolute Gasteiger partial charge is 0.378 e. The molecule has 5 nitrogen and oxygen atoms in total. The fourth-order valence-electron chi connectivity index (χ4n) is 3.34. The predicted octanol–water partition coefficient (Wildman–Crippen LogP) is 3.03. The van der Waals surface area contributed by atoms with Crippen LogP contribution in [0.4, 0.5) is 0 Å². The lowest BCUT2D eigenvalue weighted by Gasteiger charge is -2.31. The van der Waals surface area contributed by atoms with Gasteiger partial charge in [0.25, 0.3) is 0 Å². The molecule has 148 valence electrons. The van der Waals surface area contributed by atoms with Crippen molar-refractivity contribution in [2.75, 3.05) is 26.3 Å². The Morgan fingerprint density at radius 1 is 1.04 bits per heavy atom. The number of carbonyl (C=O) groups is 2. The molecule has 1 atom stereocenters. The van der Waals surface area contributed by atoms with Crippen molar-refractivity contribution in [2.24, 2.45) is 0 Å². The maximum absolute atomic E-state index is 13.0. The van der Waals surface area contributed by atoms with Crippen LogP contribution in [0.1, 0.15) is 35.6 Å². The minimum absolute atomic E-state index is 0.0682. The molecule has 2 aromatic rings. The van der Waals surface area contributed by atoms with E-state index in [4.69, 9.17) is 4.74 Å². The van der Waals surface area contributed by atoms with Crippen LogP contribution in [-0.2, 0) is 20.7 Å². The Morgan fingerprint density at radius 2 is 1.71 bits per heavy atom. The first-order valence-corrected chi connectivity index (χ1v) is 9.90. The molecule has 2 amide bonds. The van der Waals surface area contributed by atoms with Gasteiger partial charge in [0.15, 0.2) is 0 Å². The van der Waals surface area contributed by atoms with Crippen LogP contribution in [0.15, 0.2) is 54.6 Å². The van der Waals surface area contributed by atoms with Crippen LogP contribution < -0.4 is 5.32 Å². The van der Waals surface area contributed by atoms with Crippen LogP contribution in [0.5, 0.6) is 0 Å². The van der Waals surface area contributed by atoms with Crippen LogP contribution in [0.3, 0.4) is 0 Å². The van der Waals surface area contributed by atoms with Gasteiger partial charge in [-0.05, 0) is 30.9 Å². The minimum atomic E-state index is -0.647. The number of rotatable bonds is 7. The zero-order chi connectivity index (χ0) is 19.8. The Kier molecular flexibility index (Phi) is 7.20. The van der Waals surface area contributed by atoms with Gasteiger partial charge in [-0.1, -0.05) is 60.2 Å². The number of nitrogens with zero attached hydrogens (tertiary/aromatic N) is 1. The summed E-state index contributed by atoms with van der Waals surface area (Å²) in [6.07, 6.45) is 2.00. The molecule has 2 aromatic carbocycles. The summed E-state index contributed by atoms with van der Waals surface area (Å²) in [5.41, 5.74) is 3.27. The standard InChI is InChI=1S/C23H28N2O3/c1-18-10-12-19(13-11-18)6-5-9-21(26)24-22(20-7-3-2-4-8-20)23(27)25-14-16-28-17-15-25/h2-4,7-8,10-13,22H,5-6,9,14-17H2,1H3,(H,24,26)/t22-/m0/s1. The van der Waals surface area contributed by atoms with Crippen molar-refractivity contribution in [1.29, 1.82) is 0 Å². The lowest BCUT2D eigenvalue weighted by molar-refractivity contribution is -0.140. The van der Waals surface area contributed by atoms with Gasteiger partial charge in [0, 0.05) is 19.5 Å². The Bertz CT molecular complexity index is 768. The first kappa shape index (κ1) is 20.1. The molecule has 5 heteroatoms. The lowest BCUT2D eigenvalue weighted by Crippen LogP contribution is -2.47. The van der Waals surface area contributed by atoms with E-state index in [1.807, 2.05) is 30.3 Å². The zero-order valence-electron chi connectivity index (χ0n) is 16.4. The van der Waals surface area contributed by atoms with Crippen LogP contribution in [0, 0.1) is 6.92 Å². The molecule has 0 aromatic heterocycles. The average Bonchev–Trinajstić information content (AvgIpc) is 2.74. The Labute approximate surface area is 166 Å². The maximum atomic E-state index is 13.0. The molecule has 1 N–H and O–H groups in total. The van der Waals surface area contributed by atoms with E-state index in [-0.39, 0.29) is 11.8 Å². The molecule has 0 bridgehead atoms. The van der Waals surface area contributed by atoms with Crippen LogP contribution >= 0.6 is 0 Å². The van der Waals surface area contributed by atoms with Gasteiger partial charge in [-0.2, -0.15) is 0 Å². The lowest BCUT2D eigenvalue weighted by atomic mass is 10.0. The third-order valence-electron chi connectivity index (χ3n) is 5.00. The number of amides is 2. The molecule has 1 aliphatic rings. The molecule has 0 radical (unpaired) electrons. The second kappa shape index (κ2) is 10.0. The van der Waals surface area contributed by atoms with Crippen LogP contribution in [-0.4, -0.2) is 43.0 Å². The average molecular weight is 380 g/mol. The number of hydrogen-bond donors (Lipinski definition) is 1. The van der Waals surface area contributed by atoms with Gasteiger partial charge in [-0.15, -0.1) is 0 Å². The zero-order valence-corrected chi connectivity index (χ0v) is 16.4. The Hall–Kier alpha value is -2.66. The third kappa shape index (κ3) is 5.67. The molecule has 28 heavy (non-hydrogen) atoms. The smallest absolute Gasteiger partial charge is 0.249 e. The fourth-order valence-corrected chi connectivity index (χ4v) is 3.34. The molecule has 0 unspecified atom stereocenters. The van der Waals surface area contributed by atoms with Gasteiger partial charge in [-0.3, -0.25) is 9.59 Å². The maximum Gasteiger partial charge on any atom is 0.249 e. The molecular weight excluding hydrogens is 352 g/mol. The van der Waals surface area contributed by atoms with Gasteiger partial charge < -0.3 is 15.0 Å². The fraction of sp³-hybridized carbons (Fsp3) is 0.391. The van der Waals surface area contributed by atoms with E-state index < -0.39 is 6.04 Å². The minimum Gasteiger partial charge on any atom is -0.378 e. The van der Waals surface area contributed by atoms with Gasteiger partial charge >= 0.3 is 0 Å². The summed E-state index contributed by atoms with van der Waals surface area (Å²) in [4.78, 5) is 27.3. The highest BCUT2D eigenvalue weighted by atomic mass is 16.5. The topological polar surface area (TPSA) is 58.6 Å². The number of aryl methyl sites for hydroxylation is 2. The summed E-state index contributed by atoms with van der Waals surface area (Å²) in [5, 5.41) is 2.95. The van der Waals surface area contributed by atoms with Gasteiger partial charge in [0.2, 0.25) is 11.8 Å². The monoisotopic (exact) mass is 380 g/mol. The van der Waals surface area contributed by atoms with Crippen molar-refractivity contribution in [3.63, 3.8) is 0 Å². The van der Waals surface area contributed by atoms with Crippen molar-refractivity contribution in [3.05, 3.63) is 71.3 Å². The first-order valence-electron chi connectivity index (χ1n) is 9.90. The summed E-state index contributed by atoms with van der Waals surface area (Å²) in [5.74, 6) is -0.163. The SMILES string of the molecule is Cc1ccc(CCCC(=O)N[C@H](C(=O)N2CCOCC2)c2ccccc2)cc1. The summed E-state index contributed by atoms with van der Waals surface area (Å²) in [6.45, 7) is 4.26. The molecule has 0 spiro atoms. The third-order valence-corrected chi connectivity index (χ3v) is 5.00. The summed E-state index contributed by atoms with van der Waals surface area (Å²) in [6, 6.07) is 17.2. The van der Waals surface area contributed by atoms with Crippen molar-refractivity contribution in [2.45, 2.75) is 32.2 Å². The van der Waals surface area contributed by atoms with Crippen LogP contribution in [0.2, 0.25) is 0 Å². The van der Waals surface area contributed by atoms with Gasteiger partial charge in [-0.25, -0.2) is 0 Å². The molecule has 1 fully saturated rings. The molecule has 0 aliphatic carbocycles. The number of carbonyl (C=O) groups excluding carboxylic acids is 2. The van der Waals surface area contributed by atoms with Crippen LogP contribution in [0.25, 0.3) is 0 Å². The van der Waals surface area contributed by atoms with E-state index in [0.717, 1.165) is 18.4 Å². The highest BCUT2D eigenvalue weighted by molar-refractivity contribution is 5.88. The van der Waals surface area contributed by atoms with E-state index >= 15 is 0 Å². The molecule has 1 aliphatic heterocycles. The molecule has 3 rings (SSSR count). The van der Waals surface area contributed by atoms with E-state index in [1.165, 1.54) is 11.1 Å².